The smallest absolute Gasteiger partial charge is 0.240 e. The standard InChI is InChI=1S/C7H11N3O2S/c1-10-6-4-5(8)2-3-7(6)13(9,11)12/h2-4,10H,8H2,1H3,(H2,9,11,12). The van der Waals surface area contributed by atoms with E-state index in [4.69, 9.17) is 10.9 Å². The number of sulfonamides is 1. The molecule has 0 unspecified atom stereocenters. The lowest BCUT2D eigenvalue weighted by Crippen LogP contribution is -2.14. The van der Waals surface area contributed by atoms with E-state index in [0.717, 1.165) is 0 Å². The Labute approximate surface area is 76.8 Å². The summed E-state index contributed by atoms with van der Waals surface area (Å²) in [5.41, 5.74) is 6.36. The molecule has 0 saturated carbocycles. The topological polar surface area (TPSA) is 98.2 Å². The Bertz CT molecular complexity index is 414. The molecule has 72 valence electrons. The number of nitrogens with one attached hydrogen (secondary N) is 1. The summed E-state index contributed by atoms with van der Waals surface area (Å²) in [5, 5.41) is 7.68. The minimum absolute atomic E-state index is 0.0456. The molecule has 0 fully saturated rings. The predicted octanol–water partition coefficient (Wildman–Crippen LogP) is -0.0421. The Morgan fingerprint density at radius 1 is 1.38 bits per heavy atom. The third-order valence-corrected chi connectivity index (χ3v) is 2.55. The number of benzene rings is 1. The first-order valence-corrected chi connectivity index (χ1v) is 5.10. The number of hydrogen-bond acceptors (Lipinski definition) is 4. The van der Waals surface area contributed by atoms with E-state index in [9.17, 15) is 8.42 Å². The summed E-state index contributed by atoms with van der Waals surface area (Å²) in [6, 6.07) is 4.37. The van der Waals surface area contributed by atoms with Crippen LogP contribution in [0.4, 0.5) is 11.4 Å². The van der Waals surface area contributed by atoms with E-state index in [1.807, 2.05) is 0 Å². The summed E-state index contributed by atoms with van der Waals surface area (Å²) in [7, 11) is -2.08. The Hall–Kier alpha value is -1.27. The molecule has 5 N–H and O–H groups in total. The molecule has 1 rings (SSSR count). The van der Waals surface area contributed by atoms with E-state index in [0.29, 0.717) is 11.4 Å². The molecule has 0 heterocycles. The van der Waals surface area contributed by atoms with Crippen molar-refractivity contribution in [2.45, 2.75) is 4.90 Å². The number of anilines is 2. The molecule has 0 aliphatic rings. The zero-order valence-electron chi connectivity index (χ0n) is 7.11. The molecule has 0 spiro atoms. The largest absolute Gasteiger partial charge is 0.399 e. The molecule has 5 nitrogen and oxygen atoms in total. The maximum Gasteiger partial charge on any atom is 0.240 e. The molecular formula is C7H11N3O2S. The molecule has 13 heavy (non-hydrogen) atoms. The highest BCUT2D eigenvalue weighted by molar-refractivity contribution is 7.89. The highest BCUT2D eigenvalue weighted by atomic mass is 32.2. The van der Waals surface area contributed by atoms with E-state index in [1.165, 1.54) is 18.2 Å². The van der Waals surface area contributed by atoms with E-state index >= 15 is 0 Å². The van der Waals surface area contributed by atoms with Crippen LogP contribution in [0.25, 0.3) is 0 Å². The van der Waals surface area contributed by atoms with Crippen molar-refractivity contribution in [3.8, 4) is 0 Å². The van der Waals surface area contributed by atoms with Crippen LogP contribution < -0.4 is 16.2 Å². The van der Waals surface area contributed by atoms with Gasteiger partial charge < -0.3 is 11.1 Å². The van der Waals surface area contributed by atoms with Crippen molar-refractivity contribution in [3.63, 3.8) is 0 Å². The highest BCUT2D eigenvalue weighted by Gasteiger charge is 2.12. The predicted molar refractivity (Wildman–Crippen MR) is 51.8 cm³/mol. The van der Waals surface area contributed by atoms with Gasteiger partial charge >= 0.3 is 0 Å². The van der Waals surface area contributed by atoms with Gasteiger partial charge in [-0.2, -0.15) is 0 Å². The summed E-state index contributed by atoms with van der Waals surface area (Å²) < 4.78 is 22.0. The second-order valence-corrected chi connectivity index (χ2v) is 4.08. The molecule has 6 heteroatoms. The van der Waals surface area contributed by atoms with Crippen LogP contribution in [0.1, 0.15) is 0 Å². The van der Waals surface area contributed by atoms with Crippen molar-refractivity contribution < 1.29 is 8.42 Å². The van der Waals surface area contributed by atoms with Crippen molar-refractivity contribution in [2.75, 3.05) is 18.1 Å². The number of nitrogen functional groups attached to an aromatic ring is 1. The molecule has 0 aromatic heterocycles. The van der Waals surface area contributed by atoms with Crippen molar-refractivity contribution in [1.29, 1.82) is 0 Å². The quantitative estimate of drug-likeness (QED) is 0.584. The molecule has 1 aromatic carbocycles. The minimum atomic E-state index is -3.68. The fourth-order valence-corrected chi connectivity index (χ4v) is 1.72. The molecule has 0 amide bonds. The zero-order valence-corrected chi connectivity index (χ0v) is 7.93. The van der Waals surface area contributed by atoms with Crippen LogP contribution in [0.5, 0.6) is 0 Å². The second-order valence-electron chi connectivity index (χ2n) is 2.55. The van der Waals surface area contributed by atoms with Crippen LogP contribution in [-0.2, 0) is 10.0 Å². The normalized spacial score (nSPS) is 11.2. The van der Waals surface area contributed by atoms with Gasteiger partial charge in [-0.1, -0.05) is 0 Å². The van der Waals surface area contributed by atoms with E-state index in [1.54, 1.807) is 7.05 Å². The number of rotatable bonds is 2. The van der Waals surface area contributed by atoms with Crippen LogP contribution in [0, 0.1) is 0 Å². The van der Waals surface area contributed by atoms with Crippen molar-refractivity contribution in [3.05, 3.63) is 18.2 Å². The fourth-order valence-electron chi connectivity index (χ4n) is 0.991. The molecule has 1 aromatic rings. The van der Waals surface area contributed by atoms with Gasteiger partial charge in [0.15, 0.2) is 0 Å². The average molecular weight is 201 g/mol. The third kappa shape index (κ3) is 2.10. The average Bonchev–Trinajstić information content (AvgIpc) is 2.01. The summed E-state index contributed by atoms with van der Waals surface area (Å²) >= 11 is 0. The lowest BCUT2D eigenvalue weighted by atomic mass is 10.3. The number of nitrogens with two attached hydrogens (primary N) is 2. The summed E-state index contributed by atoms with van der Waals surface area (Å²) in [6.45, 7) is 0. The van der Waals surface area contributed by atoms with E-state index in [2.05, 4.69) is 5.32 Å². The first-order chi connectivity index (χ1) is 5.95. The van der Waals surface area contributed by atoms with Crippen molar-refractivity contribution in [1.82, 2.24) is 0 Å². The van der Waals surface area contributed by atoms with Crippen LogP contribution in [0.3, 0.4) is 0 Å². The minimum Gasteiger partial charge on any atom is -0.399 e. The molecule has 0 saturated heterocycles. The van der Waals surface area contributed by atoms with E-state index in [-0.39, 0.29) is 4.90 Å². The lowest BCUT2D eigenvalue weighted by Gasteiger charge is -2.07. The van der Waals surface area contributed by atoms with Gasteiger partial charge in [0.25, 0.3) is 0 Å². The zero-order chi connectivity index (χ0) is 10.1. The molecule has 0 aliphatic carbocycles. The first kappa shape index (κ1) is 9.82. The van der Waals surface area contributed by atoms with Crippen LogP contribution in [-0.4, -0.2) is 15.5 Å². The molecule has 0 bridgehead atoms. The molecule has 0 aliphatic heterocycles. The number of primary sulfonamides is 1. The van der Waals surface area contributed by atoms with Gasteiger partial charge in [-0.15, -0.1) is 0 Å². The van der Waals surface area contributed by atoms with Gasteiger partial charge in [0.2, 0.25) is 10.0 Å². The second kappa shape index (κ2) is 3.23. The van der Waals surface area contributed by atoms with Gasteiger partial charge in [0.05, 0.1) is 5.69 Å². The molecular weight excluding hydrogens is 190 g/mol. The van der Waals surface area contributed by atoms with Gasteiger partial charge in [-0.25, -0.2) is 13.6 Å². The third-order valence-electron chi connectivity index (χ3n) is 1.58. The maximum atomic E-state index is 11.0. The van der Waals surface area contributed by atoms with Crippen LogP contribution >= 0.6 is 0 Å². The Balaban J connectivity index is 3.39. The van der Waals surface area contributed by atoms with Crippen LogP contribution in [0.15, 0.2) is 23.1 Å². The SMILES string of the molecule is CNc1cc(N)ccc1S(N)(=O)=O. The Kier molecular flexibility index (Phi) is 2.44. The van der Waals surface area contributed by atoms with Crippen molar-refractivity contribution >= 4 is 21.4 Å². The van der Waals surface area contributed by atoms with Gasteiger partial charge in [0.1, 0.15) is 4.90 Å². The maximum absolute atomic E-state index is 11.0. The van der Waals surface area contributed by atoms with Crippen molar-refractivity contribution in [2.24, 2.45) is 5.14 Å². The summed E-state index contributed by atoms with van der Waals surface area (Å²) in [4.78, 5) is 0.0456. The van der Waals surface area contributed by atoms with Crippen LogP contribution in [0.2, 0.25) is 0 Å². The van der Waals surface area contributed by atoms with E-state index < -0.39 is 10.0 Å². The van der Waals surface area contributed by atoms with Gasteiger partial charge in [-0.3, -0.25) is 0 Å². The summed E-state index contributed by atoms with van der Waals surface area (Å²) in [5.74, 6) is 0. The lowest BCUT2D eigenvalue weighted by molar-refractivity contribution is 0.598. The van der Waals surface area contributed by atoms with Gasteiger partial charge in [0, 0.05) is 12.7 Å². The molecule has 0 radical (unpaired) electrons. The van der Waals surface area contributed by atoms with Gasteiger partial charge in [-0.05, 0) is 18.2 Å². The fraction of sp³-hybridized carbons (Fsp3) is 0.143. The monoisotopic (exact) mass is 201 g/mol. The summed E-state index contributed by atoms with van der Waals surface area (Å²) in [6.07, 6.45) is 0. The Morgan fingerprint density at radius 2 is 2.00 bits per heavy atom. The first-order valence-electron chi connectivity index (χ1n) is 3.55. The Morgan fingerprint density at radius 3 is 2.46 bits per heavy atom. The highest BCUT2D eigenvalue weighted by Crippen LogP contribution is 2.21. The molecule has 0 atom stereocenters. The number of hydrogen-bond donors (Lipinski definition) is 3.